The zero-order valence-corrected chi connectivity index (χ0v) is 19.6. The van der Waals surface area contributed by atoms with Gasteiger partial charge in [-0.25, -0.2) is 18.2 Å². The van der Waals surface area contributed by atoms with Crippen LogP contribution in [0.5, 0.6) is 0 Å². The Bertz CT molecular complexity index is 998. The number of amides is 2. The van der Waals surface area contributed by atoms with Gasteiger partial charge in [-0.1, -0.05) is 25.2 Å². The van der Waals surface area contributed by atoms with Crippen LogP contribution in [0.15, 0.2) is 22.6 Å². The largest absolute Gasteiger partial charge is 0.451 e. The van der Waals surface area contributed by atoms with Crippen LogP contribution in [0, 0.1) is 5.82 Å². The smallest absolute Gasteiger partial charge is 0.441 e. The van der Waals surface area contributed by atoms with Crippen molar-refractivity contribution >= 4 is 44.8 Å². The van der Waals surface area contributed by atoms with E-state index in [-0.39, 0.29) is 30.3 Å². The molecule has 3 atom stereocenters. The first kappa shape index (κ1) is 24.3. The molecule has 3 rings (SSSR count). The molecule has 2 unspecified atom stereocenters. The highest BCUT2D eigenvalue weighted by molar-refractivity contribution is 7.93. The highest BCUT2D eigenvalue weighted by Gasteiger charge is 2.33. The molecule has 2 amide bonds. The summed E-state index contributed by atoms with van der Waals surface area (Å²) in [6, 6.07) is 4.17. The number of nitrogens with zero attached hydrogens (tertiary/aromatic N) is 2. The molecule has 12 heteroatoms. The van der Waals surface area contributed by atoms with Crippen molar-refractivity contribution in [1.82, 2.24) is 10.6 Å². The molecule has 1 aromatic rings. The van der Waals surface area contributed by atoms with Crippen molar-refractivity contribution in [3.63, 3.8) is 0 Å². The topological polar surface area (TPSA) is 109 Å². The Kier molecular flexibility index (Phi) is 8.01. The molecule has 2 fully saturated rings. The Morgan fingerprint density at radius 2 is 2.28 bits per heavy atom. The Hall–Kier alpha value is -2.31. The standard InChI is InChI=1S/C20H27FN4O5S2/c1-3-4-18(31)22-10-14-11-25(20(27)30-14)13-5-6-15(16(21)9-13)17-7-8-32(28,12-23-17)24-19(26)29-2/h5-6,9,14,17,23H,3-4,7-8,10-12H2,1-2H3,(H,22,31)/t14-,17?,32?/m0/s1. The van der Waals surface area contributed by atoms with Gasteiger partial charge in [0.05, 0.1) is 46.5 Å². The van der Waals surface area contributed by atoms with E-state index in [9.17, 15) is 18.2 Å². The Morgan fingerprint density at radius 3 is 2.91 bits per heavy atom. The SMILES string of the molecule is CCCC(=S)NC[C@H]1CN(c2ccc(C3CCS(=O)(=NC(=O)OC)CN3)c(F)c2)C(=O)O1. The summed E-state index contributed by atoms with van der Waals surface area (Å²) < 4.78 is 40.8. The minimum absolute atomic E-state index is 0.0407. The maximum Gasteiger partial charge on any atom is 0.441 e. The molecular weight excluding hydrogens is 459 g/mol. The van der Waals surface area contributed by atoms with Crippen molar-refractivity contribution in [2.75, 3.05) is 36.7 Å². The number of methoxy groups -OCH3 is 1. The van der Waals surface area contributed by atoms with E-state index in [1.54, 1.807) is 12.1 Å². The average molecular weight is 487 g/mol. The number of benzene rings is 1. The number of ether oxygens (including phenoxy) is 2. The van der Waals surface area contributed by atoms with Crippen molar-refractivity contribution < 1.29 is 27.7 Å². The van der Waals surface area contributed by atoms with Crippen LogP contribution in [-0.2, 0) is 19.2 Å². The van der Waals surface area contributed by atoms with Crippen molar-refractivity contribution in [1.29, 1.82) is 0 Å². The van der Waals surface area contributed by atoms with E-state index in [1.165, 1.54) is 18.1 Å². The van der Waals surface area contributed by atoms with E-state index in [0.29, 0.717) is 24.2 Å². The molecule has 176 valence electrons. The second-order valence-electron chi connectivity index (χ2n) is 7.60. The summed E-state index contributed by atoms with van der Waals surface area (Å²) in [5.74, 6) is -0.383. The van der Waals surface area contributed by atoms with Crippen molar-refractivity contribution in [3.8, 4) is 0 Å². The number of halogens is 1. The molecular formula is C20H27FN4O5S2. The lowest BCUT2D eigenvalue weighted by molar-refractivity contribution is 0.143. The quantitative estimate of drug-likeness (QED) is 0.591. The molecule has 2 N–H and O–H groups in total. The third kappa shape index (κ3) is 5.93. The maximum absolute atomic E-state index is 14.9. The van der Waals surface area contributed by atoms with E-state index in [2.05, 4.69) is 19.7 Å². The lowest BCUT2D eigenvalue weighted by Crippen LogP contribution is -2.37. The summed E-state index contributed by atoms with van der Waals surface area (Å²) in [6.07, 6.45) is 0.238. The molecule has 32 heavy (non-hydrogen) atoms. The Labute approximate surface area is 192 Å². The summed E-state index contributed by atoms with van der Waals surface area (Å²) in [6.45, 7) is 2.73. The number of thiocarbonyl (C=S) groups is 1. The molecule has 2 saturated heterocycles. The zero-order chi connectivity index (χ0) is 23.3. The molecule has 2 aliphatic rings. The fourth-order valence-electron chi connectivity index (χ4n) is 3.57. The number of anilines is 1. The van der Waals surface area contributed by atoms with Crippen LogP contribution in [0.4, 0.5) is 19.7 Å². The average Bonchev–Trinajstić information content (AvgIpc) is 3.13. The van der Waals surface area contributed by atoms with Gasteiger partial charge in [0, 0.05) is 17.4 Å². The Morgan fingerprint density at radius 1 is 1.50 bits per heavy atom. The van der Waals surface area contributed by atoms with Crippen LogP contribution in [-0.4, -0.2) is 59.3 Å². The van der Waals surface area contributed by atoms with E-state index in [0.717, 1.165) is 17.8 Å². The highest BCUT2D eigenvalue weighted by Crippen LogP contribution is 2.29. The minimum Gasteiger partial charge on any atom is -0.451 e. The summed E-state index contributed by atoms with van der Waals surface area (Å²) in [5.41, 5.74) is 0.791. The van der Waals surface area contributed by atoms with Gasteiger partial charge in [0.1, 0.15) is 11.9 Å². The van der Waals surface area contributed by atoms with Gasteiger partial charge in [-0.3, -0.25) is 10.2 Å². The first-order valence-corrected chi connectivity index (χ1v) is 12.6. The van der Waals surface area contributed by atoms with Gasteiger partial charge in [-0.2, -0.15) is 0 Å². The molecule has 0 aliphatic carbocycles. The van der Waals surface area contributed by atoms with E-state index in [4.69, 9.17) is 17.0 Å². The van der Waals surface area contributed by atoms with Gasteiger partial charge in [-0.15, -0.1) is 4.36 Å². The van der Waals surface area contributed by atoms with Crippen molar-refractivity contribution in [3.05, 3.63) is 29.6 Å². The summed E-state index contributed by atoms with van der Waals surface area (Å²) in [7, 11) is -1.61. The van der Waals surface area contributed by atoms with E-state index in [1.807, 2.05) is 6.92 Å². The second-order valence-corrected chi connectivity index (χ2v) is 10.5. The third-order valence-electron chi connectivity index (χ3n) is 5.25. The fourth-order valence-corrected chi connectivity index (χ4v) is 5.57. The van der Waals surface area contributed by atoms with Crippen LogP contribution in [0.25, 0.3) is 0 Å². The molecule has 0 aromatic heterocycles. The van der Waals surface area contributed by atoms with Crippen LogP contribution < -0.4 is 15.5 Å². The zero-order valence-electron chi connectivity index (χ0n) is 18.0. The first-order chi connectivity index (χ1) is 15.2. The molecule has 0 saturated carbocycles. The second kappa shape index (κ2) is 10.5. The maximum atomic E-state index is 14.9. The lowest BCUT2D eigenvalue weighted by Gasteiger charge is -2.27. The molecule has 2 heterocycles. The van der Waals surface area contributed by atoms with Gasteiger partial charge >= 0.3 is 12.2 Å². The van der Waals surface area contributed by atoms with Crippen LogP contribution in [0.1, 0.15) is 37.8 Å². The normalized spacial score (nSPS) is 25.2. The highest BCUT2D eigenvalue weighted by atomic mass is 32.2. The number of cyclic esters (lactones) is 1. The number of carbonyl (C=O) groups excluding carboxylic acids is 2. The molecule has 2 aliphatic heterocycles. The lowest BCUT2D eigenvalue weighted by atomic mass is 10.0. The van der Waals surface area contributed by atoms with Gasteiger partial charge in [0.25, 0.3) is 0 Å². The monoisotopic (exact) mass is 486 g/mol. The summed E-state index contributed by atoms with van der Waals surface area (Å²) in [4.78, 5) is 25.7. The van der Waals surface area contributed by atoms with Crippen LogP contribution in [0.2, 0.25) is 0 Å². The van der Waals surface area contributed by atoms with Gasteiger partial charge < -0.3 is 14.8 Å². The van der Waals surface area contributed by atoms with Gasteiger partial charge in [0.15, 0.2) is 0 Å². The van der Waals surface area contributed by atoms with Gasteiger partial charge in [-0.05, 0) is 31.4 Å². The van der Waals surface area contributed by atoms with Gasteiger partial charge in [0.2, 0.25) is 0 Å². The predicted molar refractivity (Wildman–Crippen MR) is 123 cm³/mol. The molecule has 0 bridgehead atoms. The predicted octanol–water partition coefficient (Wildman–Crippen LogP) is 3.09. The molecule has 0 spiro atoms. The number of rotatable bonds is 6. The van der Waals surface area contributed by atoms with Crippen molar-refractivity contribution in [2.24, 2.45) is 4.36 Å². The summed E-state index contributed by atoms with van der Waals surface area (Å²) in [5, 5.41) is 6.08. The number of carbonyl (C=O) groups is 2. The van der Waals surface area contributed by atoms with E-state index >= 15 is 0 Å². The number of nitrogens with one attached hydrogen (secondary N) is 2. The third-order valence-corrected chi connectivity index (χ3v) is 7.57. The van der Waals surface area contributed by atoms with Crippen LogP contribution in [0.3, 0.4) is 0 Å². The molecule has 9 nitrogen and oxygen atoms in total. The minimum atomic E-state index is -2.77. The number of hydrogen-bond donors (Lipinski definition) is 2. The first-order valence-electron chi connectivity index (χ1n) is 10.3. The number of hydrogen-bond acceptors (Lipinski definition) is 7. The molecule has 0 radical (unpaired) electrons. The summed E-state index contributed by atoms with van der Waals surface area (Å²) >= 11 is 5.21. The van der Waals surface area contributed by atoms with Crippen LogP contribution >= 0.6 is 12.2 Å². The fraction of sp³-hybridized carbons (Fsp3) is 0.550. The van der Waals surface area contributed by atoms with E-state index < -0.39 is 27.7 Å². The molecule has 1 aromatic carbocycles. The van der Waals surface area contributed by atoms with Crippen molar-refractivity contribution in [2.45, 2.75) is 38.3 Å². The Balaban J connectivity index is 1.63.